The molecule has 0 aromatic carbocycles. The zero-order chi connectivity index (χ0) is 13.5. The van der Waals surface area contributed by atoms with Crippen LogP contribution in [0.25, 0.3) is 0 Å². The van der Waals surface area contributed by atoms with Gasteiger partial charge in [-0.2, -0.15) is 0 Å². The number of urea groups is 1. The van der Waals surface area contributed by atoms with E-state index in [9.17, 15) is 9.59 Å². The summed E-state index contributed by atoms with van der Waals surface area (Å²) in [7, 11) is 1.41. The Morgan fingerprint density at radius 1 is 1.39 bits per heavy atom. The highest BCUT2D eigenvalue weighted by Gasteiger charge is 2.33. The van der Waals surface area contributed by atoms with Gasteiger partial charge in [-0.25, -0.2) is 4.79 Å². The molecule has 0 saturated carbocycles. The first kappa shape index (κ1) is 14.8. The molecule has 0 radical (unpaired) electrons. The summed E-state index contributed by atoms with van der Waals surface area (Å²) in [5.74, 6) is 0.275. The summed E-state index contributed by atoms with van der Waals surface area (Å²) >= 11 is 0. The van der Waals surface area contributed by atoms with E-state index in [4.69, 9.17) is 0 Å². The van der Waals surface area contributed by atoms with Crippen molar-refractivity contribution in [2.24, 2.45) is 5.92 Å². The van der Waals surface area contributed by atoms with Crippen molar-refractivity contribution in [1.29, 1.82) is 0 Å². The molecule has 5 nitrogen and oxygen atoms in total. The average molecular weight is 256 g/mol. The Balaban J connectivity index is 2.25. The maximum atomic E-state index is 11.3. The number of hydrogen-bond acceptors (Lipinski definition) is 3. The van der Waals surface area contributed by atoms with Crippen molar-refractivity contribution in [3.63, 3.8) is 0 Å². The monoisotopic (exact) mass is 256 g/mol. The fraction of sp³-hybridized carbons (Fsp3) is 0.846. The number of nitrogens with one attached hydrogen (secondary N) is 2. The van der Waals surface area contributed by atoms with Crippen molar-refractivity contribution in [1.82, 2.24) is 10.6 Å². The number of esters is 1. The highest BCUT2D eigenvalue weighted by molar-refractivity contribution is 5.77. The largest absolute Gasteiger partial charge is 0.469 e. The molecule has 1 aliphatic rings. The Kier molecular flexibility index (Phi) is 5.95. The zero-order valence-electron chi connectivity index (χ0n) is 11.5. The van der Waals surface area contributed by atoms with Gasteiger partial charge in [-0.15, -0.1) is 0 Å². The highest BCUT2D eigenvalue weighted by atomic mass is 16.5. The molecule has 1 rings (SSSR count). The number of methoxy groups -OCH3 is 1. The van der Waals surface area contributed by atoms with Gasteiger partial charge in [0.1, 0.15) is 0 Å². The smallest absolute Gasteiger partial charge is 0.315 e. The molecule has 104 valence electrons. The van der Waals surface area contributed by atoms with Crippen LogP contribution < -0.4 is 10.6 Å². The van der Waals surface area contributed by atoms with Crippen LogP contribution in [0, 0.1) is 5.92 Å². The second-order valence-electron chi connectivity index (χ2n) is 4.96. The van der Waals surface area contributed by atoms with Crippen LogP contribution >= 0.6 is 0 Å². The van der Waals surface area contributed by atoms with Gasteiger partial charge in [0.15, 0.2) is 0 Å². The average Bonchev–Trinajstić information content (AvgIpc) is 2.75. The van der Waals surface area contributed by atoms with E-state index in [0.29, 0.717) is 12.3 Å². The summed E-state index contributed by atoms with van der Waals surface area (Å²) < 4.78 is 4.60. The molecule has 5 heteroatoms. The van der Waals surface area contributed by atoms with Crippen LogP contribution in [0.2, 0.25) is 0 Å². The Bertz CT molecular complexity index is 294. The maximum Gasteiger partial charge on any atom is 0.315 e. The summed E-state index contributed by atoms with van der Waals surface area (Å²) in [5, 5.41) is 5.90. The summed E-state index contributed by atoms with van der Waals surface area (Å²) in [5.41, 5.74) is 0. The summed E-state index contributed by atoms with van der Waals surface area (Å²) in [6.45, 7) is 4.23. The molecule has 0 aromatic rings. The lowest BCUT2D eigenvalue weighted by molar-refractivity contribution is -0.140. The molecule has 18 heavy (non-hydrogen) atoms. The predicted molar refractivity (Wildman–Crippen MR) is 69.2 cm³/mol. The van der Waals surface area contributed by atoms with E-state index in [1.807, 2.05) is 0 Å². The quantitative estimate of drug-likeness (QED) is 0.539. The van der Waals surface area contributed by atoms with Crippen molar-refractivity contribution in [2.45, 2.75) is 58.0 Å². The van der Waals surface area contributed by atoms with Gasteiger partial charge in [-0.1, -0.05) is 20.3 Å². The van der Waals surface area contributed by atoms with E-state index in [2.05, 4.69) is 29.2 Å². The lowest BCUT2D eigenvalue weighted by atomic mass is 9.90. The Morgan fingerprint density at radius 2 is 2.11 bits per heavy atom. The van der Waals surface area contributed by atoms with Gasteiger partial charge in [-0.3, -0.25) is 4.79 Å². The van der Waals surface area contributed by atoms with Gasteiger partial charge in [-0.05, 0) is 25.2 Å². The third-order valence-corrected chi connectivity index (χ3v) is 3.62. The van der Waals surface area contributed by atoms with E-state index >= 15 is 0 Å². The van der Waals surface area contributed by atoms with Crippen LogP contribution in [0.15, 0.2) is 0 Å². The zero-order valence-corrected chi connectivity index (χ0v) is 11.5. The van der Waals surface area contributed by atoms with Crippen LogP contribution in [0.1, 0.15) is 46.0 Å². The Hall–Kier alpha value is -1.26. The lowest BCUT2D eigenvalue weighted by Crippen LogP contribution is -2.38. The van der Waals surface area contributed by atoms with Crippen LogP contribution in [-0.2, 0) is 9.53 Å². The topological polar surface area (TPSA) is 67.4 Å². The fourth-order valence-corrected chi connectivity index (χ4v) is 2.46. The minimum absolute atomic E-state index is 0.0618. The van der Waals surface area contributed by atoms with Crippen LogP contribution in [0.4, 0.5) is 4.79 Å². The molecule has 3 atom stereocenters. The molecule has 0 spiro atoms. The molecule has 3 unspecified atom stereocenters. The summed E-state index contributed by atoms with van der Waals surface area (Å²) in [6, 6.07) is 0.377. The molecule has 0 aromatic heterocycles. The minimum Gasteiger partial charge on any atom is -0.469 e. The van der Waals surface area contributed by atoms with Crippen molar-refractivity contribution in [3.05, 3.63) is 0 Å². The van der Waals surface area contributed by atoms with Crippen LogP contribution in [0.5, 0.6) is 0 Å². The fourth-order valence-electron chi connectivity index (χ4n) is 2.46. The third kappa shape index (κ3) is 4.20. The first-order valence-corrected chi connectivity index (χ1v) is 6.72. The standard InChI is InChI=1S/C13H24N2O3/c1-4-10-12(15-13(17)14-10)9(2)7-5-6-8-11(16)18-3/h9-10,12H,4-8H2,1-3H3,(H2,14,15,17). The van der Waals surface area contributed by atoms with Gasteiger partial charge < -0.3 is 15.4 Å². The summed E-state index contributed by atoms with van der Waals surface area (Å²) in [4.78, 5) is 22.3. The minimum atomic E-state index is -0.148. The van der Waals surface area contributed by atoms with Crippen molar-refractivity contribution in [2.75, 3.05) is 7.11 Å². The second-order valence-corrected chi connectivity index (χ2v) is 4.96. The maximum absolute atomic E-state index is 11.3. The molecular weight excluding hydrogens is 232 g/mol. The number of carbonyl (C=O) groups excluding carboxylic acids is 2. The molecule has 1 aliphatic heterocycles. The Morgan fingerprint density at radius 3 is 2.72 bits per heavy atom. The molecule has 2 amide bonds. The Labute approximate surface area is 109 Å². The summed E-state index contributed by atoms with van der Waals surface area (Å²) in [6.07, 6.45) is 4.27. The number of amides is 2. The number of hydrogen-bond donors (Lipinski definition) is 2. The van der Waals surface area contributed by atoms with Crippen LogP contribution in [-0.4, -0.2) is 31.2 Å². The SMILES string of the molecule is CCC1NC(=O)NC1C(C)CCCCC(=O)OC. The molecule has 1 heterocycles. The number of ether oxygens (including phenoxy) is 1. The predicted octanol–water partition coefficient (Wildman–Crippen LogP) is 1.82. The van der Waals surface area contributed by atoms with Gasteiger partial charge >= 0.3 is 12.0 Å². The van der Waals surface area contributed by atoms with E-state index in [1.54, 1.807) is 0 Å². The van der Waals surface area contributed by atoms with Gasteiger partial charge in [0.2, 0.25) is 0 Å². The van der Waals surface area contributed by atoms with Crippen LogP contribution in [0.3, 0.4) is 0 Å². The van der Waals surface area contributed by atoms with E-state index in [1.165, 1.54) is 7.11 Å². The molecule has 0 aliphatic carbocycles. The third-order valence-electron chi connectivity index (χ3n) is 3.62. The van der Waals surface area contributed by atoms with Gasteiger partial charge in [0, 0.05) is 6.42 Å². The van der Waals surface area contributed by atoms with E-state index < -0.39 is 0 Å². The van der Waals surface area contributed by atoms with Crippen molar-refractivity contribution in [3.8, 4) is 0 Å². The van der Waals surface area contributed by atoms with Crippen molar-refractivity contribution < 1.29 is 14.3 Å². The number of unbranched alkanes of at least 4 members (excludes halogenated alkanes) is 1. The molecule has 0 bridgehead atoms. The van der Waals surface area contributed by atoms with Crippen molar-refractivity contribution >= 4 is 12.0 Å². The van der Waals surface area contributed by atoms with Gasteiger partial charge in [0.25, 0.3) is 0 Å². The first-order chi connectivity index (χ1) is 8.58. The first-order valence-electron chi connectivity index (χ1n) is 6.72. The number of rotatable bonds is 7. The molecule has 1 saturated heterocycles. The molecular formula is C13H24N2O3. The molecule has 2 N–H and O–H groups in total. The lowest BCUT2D eigenvalue weighted by Gasteiger charge is -2.23. The number of carbonyl (C=O) groups is 2. The van der Waals surface area contributed by atoms with Gasteiger partial charge in [0.05, 0.1) is 19.2 Å². The highest BCUT2D eigenvalue weighted by Crippen LogP contribution is 2.20. The normalized spacial score (nSPS) is 24.3. The second kappa shape index (κ2) is 7.24. The van der Waals surface area contributed by atoms with E-state index in [0.717, 1.165) is 25.7 Å². The van der Waals surface area contributed by atoms with E-state index in [-0.39, 0.29) is 24.1 Å². The molecule has 1 fully saturated rings.